The van der Waals surface area contributed by atoms with Gasteiger partial charge in [0.25, 0.3) is 0 Å². The zero-order chi connectivity index (χ0) is 7.70. The van der Waals surface area contributed by atoms with Gasteiger partial charge in [-0.1, -0.05) is 20.8 Å². The summed E-state index contributed by atoms with van der Waals surface area (Å²) in [7, 11) is 1.00. The molecule has 0 aromatic heterocycles. The Kier molecular flexibility index (Phi) is 14.0. The molecule has 0 unspecified atom stereocenters. The third-order valence-electron chi connectivity index (χ3n) is 0.803. The molecule has 0 saturated heterocycles. The third kappa shape index (κ3) is 18.1. The molecule has 0 aromatic rings. The van der Waals surface area contributed by atoms with Crippen LogP contribution in [-0.4, -0.2) is 24.8 Å². The molecule has 0 saturated carbocycles. The highest BCUT2D eigenvalue weighted by Crippen LogP contribution is 1.76. The van der Waals surface area contributed by atoms with Crippen molar-refractivity contribution in [1.29, 1.82) is 0 Å². The lowest BCUT2D eigenvalue weighted by atomic mass is 10.4. The van der Waals surface area contributed by atoms with Crippen LogP contribution in [0.2, 0.25) is 0 Å². The Labute approximate surface area is 58.3 Å². The van der Waals surface area contributed by atoms with Crippen molar-refractivity contribution in [3.05, 3.63) is 0 Å². The molecule has 9 heavy (non-hydrogen) atoms. The van der Waals surface area contributed by atoms with Gasteiger partial charge in [0, 0.05) is 13.2 Å². The van der Waals surface area contributed by atoms with Crippen LogP contribution in [0.4, 0.5) is 0 Å². The van der Waals surface area contributed by atoms with Crippen molar-refractivity contribution in [2.45, 2.75) is 33.2 Å². The number of aliphatic hydroxyl groups is 1. The predicted molar refractivity (Wildman–Crippen MR) is 41.6 cm³/mol. The molecule has 0 aliphatic heterocycles. The summed E-state index contributed by atoms with van der Waals surface area (Å²) < 4.78 is 0. The molecule has 0 aliphatic rings. The van der Waals surface area contributed by atoms with Crippen LogP contribution in [0.1, 0.15) is 27.2 Å². The van der Waals surface area contributed by atoms with Crippen LogP contribution in [0.25, 0.3) is 0 Å². The van der Waals surface area contributed by atoms with Crippen molar-refractivity contribution in [1.82, 2.24) is 5.32 Å². The topological polar surface area (TPSA) is 32.3 Å². The van der Waals surface area contributed by atoms with Crippen molar-refractivity contribution in [2.24, 2.45) is 0 Å². The van der Waals surface area contributed by atoms with E-state index in [1.807, 2.05) is 0 Å². The Balaban J connectivity index is 0. The largest absolute Gasteiger partial charge is 0.400 e. The van der Waals surface area contributed by atoms with E-state index < -0.39 is 0 Å². The molecule has 0 heterocycles. The van der Waals surface area contributed by atoms with Crippen LogP contribution < -0.4 is 5.32 Å². The monoisotopic (exact) mass is 133 g/mol. The van der Waals surface area contributed by atoms with Crippen LogP contribution in [0.3, 0.4) is 0 Å². The fourth-order valence-electron chi connectivity index (χ4n) is 0.433. The van der Waals surface area contributed by atoms with Crippen molar-refractivity contribution < 1.29 is 5.11 Å². The second-order valence-electron chi connectivity index (χ2n) is 2.11. The number of rotatable bonds is 3. The van der Waals surface area contributed by atoms with Gasteiger partial charge in [0.15, 0.2) is 0 Å². The predicted octanol–water partition coefficient (Wildman–Crippen LogP) is 1.00. The number of aliphatic hydroxyl groups excluding tert-OH is 1. The molecule has 0 atom stereocenters. The highest BCUT2D eigenvalue weighted by molar-refractivity contribution is 4.48. The molecular formula is C7H19NO. The summed E-state index contributed by atoms with van der Waals surface area (Å²) in [6, 6.07) is 0.653. The highest BCUT2D eigenvalue weighted by atomic mass is 16.2. The Morgan fingerprint density at radius 3 is 1.89 bits per heavy atom. The molecule has 0 bridgehead atoms. The van der Waals surface area contributed by atoms with Gasteiger partial charge in [-0.3, -0.25) is 0 Å². The fraction of sp³-hybridized carbons (Fsp3) is 1.00. The quantitative estimate of drug-likeness (QED) is 0.602. The zero-order valence-corrected chi connectivity index (χ0v) is 6.94. The maximum Gasteiger partial charge on any atom is 0.0319 e. The van der Waals surface area contributed by atoms with Gasteiger partial charge in [-0.25, -0.2) is 0 Å². The van der Waals surface area contributed by atoms with Gasteiger partial charge in [-0.15, -0.1) is 0 Å². The SMILES string of the molecule is CCCNC(C)C.CO. The van der Waals surface area contributed by atoms with E-state index in [0.29, 0.717) is 6.04 Å². The van der Waals surface area contributed by atoms with Crippen LogP contribution in [0.5, 0.6) is 0 Å². The van der Waals surface area contributed by atoms with Gasteiger partial charge in [0.2, 0.25) is 0 Å². The average molecular weight is 133 g/mol. The summed E-state index contributed by atoms with van der Waals surface area (Å²) in [5.74, 6) is 0. The average Bonchev–Trinajstić information content (AvgIpc) is 1.88. The second-order valence-corrected chi connectivity index (χ2v) is 2.11. The molecule has 0 fully saturated rings. The molecular weight excluding hydrogens is 114 g/mol. The van der Waals surface area contributed by atoms with E-state index in [4.69, 9.17) is 5.11 Å². The minimum atomic E-state index is 0.653. The Morgan fingerprint density at radius 2 is 1.78 bits per heavy atom. The standard InChI is InChI=1S/C6H15N.CH4O/c1-4-5-7-6(2)3;1-2/h6-7H,4-5H2,1-3H3;2H,1H3. The molecule has 0 radical (unpaired) electrons. The first-order valence-corrected chi connectivity index (χ1v) is 3.45. The van der Waals surface area contributed by atoms with E-state index >= 15 is 0 Å². The van der Waals surface area contributed by atoms with Crippen molar-refractivity contribution in [3.8, 4) is 0 Å². The summed E-state index contributed by atoms with van der Waals surface area (Å²) in [5.41, 5.74) is 0. The minimum absolute atomic E-state index is 0.653. The summed E-state index contributed by atoms with van der Waals surface area (Å²) in [4.78, 5) is 0. The summed E-state index contributed by atoms with van der Waals surface area (Å²) in [5, 5.41) is 10.3. The molecule has 0 aliphatic carbocycles. The zero-order valence-electron chi connectivity index (χ0n) is 6.94. The number of hydrogen-bond donors (Lipinski definition) is 2. The molecule has 0 rings (SSSR count). The minimum Gasteiger partial charge on any atom is -0.400 e. The smallest absolute Gasteiger partial charge is 0.0319 e. The fourth-order valence-corrected chi connectivity index (χ4v) is 0.433. The first-order valence-electron chi connectivity index (χ1n) is 3.45. The van der Waals surface area contributed by atoms with E-state index in [1.54, 1.807) is 0 Å². The lowest BCUT2D eigenvalue weighted by Gasteiger charge is -2.03. The van der Waals surface area contributed by atoms with E-state index in [2.05, 4.69) is 26.1 Å². The molecule has 2 N–H and O–H groups in total. The molecule has 2 heteroatoms. The second kappa shape index (κ2) is 10.8. The molecule has 0 amide bonds. The van der Waals surface area contributed by atoms with E-state index in [-0.39, 0.29) is 0 Å². The lowest BCUT2D eigenvalue weighted by Crippen LogP contribution is -2.22. The summed E-state index contributed by atoms with van der Waals surface area (Å²) in [6.07, 6.45) is 1.23. The third-order valence-corrected chi connectivity index (χ3v) is 0.803. The Hall–Kier alpha value is -0.0800. The maximum absolute atomic E-state index is 7.00. The van der Waals surface area contributed by atoms with Crippen LogP contribution in [0, 0.1) is 0 Å². The van der Waals surface area contributed by atoms with E-state index in [9.17, 15) is 0 Å². The molecule has 0 spiro atoms. The van der Waals surface area contributed by atoms with Crippen LogP contribution in [-0.2, 0) is 0 Å². The highest BCUT2D eigenvalue weighted by Gasteiger charge is 1.85. The molecule has 2 nitrogen and oxygen atoms in total. The summed E-state index contributed by atoms with van der Waals surface area (Å²) in [6.45, 7) is 7.65. The van der Waals surface area contributed by atoms with E-state index in [0.717, 1.165) is 13.7 Å². The van der Waals surface area contributed by atoms with Gasteiger partial charge in [0.1, 0.15) is 0 Å². The van der Waals surface area contributed by atoms with Gasteiger partial charge < -0.3 is 10.4 Å². The van der Waals surface area contributed by atoms with Gasteiger partial charge in [0.05, 0.1) is 0 Å². The normalized spacial score (nSPS) is 8.67. The number of hydrogen-bond acceptors (Lipinski definition) is 2. The van der Waals surface area contributed by atoms with Crippen LogP contribution in [0.15, 0.2) is 0 Å². The van der Waals surface area contributed by atoms with Crippen molar-refractivity contribution >= 4 is 0 Å². The van der Waals surface area contributed by atoms with Crippen molar-refractivity contribution in [3.63, 3.8) is 0 Å². The molecule has 58 valence electrons. The van der Waals surface area contributed by atoms with Gasteiger partial charge in [-0.05, 0) is 13.0 Å². The molecule has 0 aromatic carbocycles. The lowest BCUT2D eigenvalue weighted by molar-refractivity contribution is 0.399. The van der Waals surface area contributed by atoms with Crippen molar-refractivity contribution in [2.75, 3.05) is 13.7 Å². The Morgan fingerprint density at radius 1 is 1.33 bits per heavy atom. The van der Waals surface area contributed by atoms with Gasteiger partial charge in [-0.2, -0.15) is 0 Å². The first-order chi connectivity index (χ1) is 4.27. The first kappa shape index (κ1) is 11.7. The van der Waals surface area contributed by atoms with E-state index in [1.165, 1.54) is 6.42 Å². The van der Waals surface area contributed by atoms with Gasteiger partial charge >= 0.3 is 0 Å². The Bertz CT molecular complexity index is 37.9. The maximum atomic E-state index is 7.00. The summed E-state index contributed by atoms with van der Waals surface area (Å²) >= 11 is 0. The van der Waals surface area contributed by atoms with Crippen LogP contribution >= 0.6 is 0 Å². The number of nitrogens with one attached hydrogen (secondary N) is 1.